The van der Waals surface area contributed by atoms with Crippen LogP contribution >= 0.6 is 11.6 Å². The van der Waals surface area contributed by atoms with Crippen molar-refractivity contribution in [1.82, 2.24) is 10.2 Å². The molecular formula is C30H25ClN4O7. The molecule has 11 nitrogen and oxygen atoms in total. The third kappa shape index (κ3) is 7.52. The van der Waals surface area contributed by atoms with E-state index < -0.39 is 27.7 Å². The molecule has 214 valence electrons. The van der Waals surface area contributed by atoms with Gasteiger partial charge in [0.05, 0.1) is 9.85 Å². The van der Waals surface area contributed by atoms with Crippen LogP contribution in [0.4, 0.5) is 11.4 Å². The minimum Gasteiger partial charge on any atom is -0.343 e. The number of Topliss-reactive ketones (excluding diaryl/α,β-unsaturated/α-hetero) is 1. The molecular weight excluding hydrogens is 564 g/mol. The zero-order chi connectivity index (χ0) is 30.2. The summed E-state index contributed by atoms with van der Waals surface area (Å²) < 4.78 is 0. The van der Waals surface area contributed by atoms with Crippen LogP contribution in [0.5, 0.6) is 0 Å². The fourth-order valence-corrected chi connectivity index (χ4v) is 4.56. The number of benzene rings is 3. The van der Waals surface area contributed by atoms with Crippen molar-refractivity contribution >= 4 is 52.7 Å². The van der Waals surface area contributed by atoms with Gasteiger partial charge in [0.1, 0.15) is 11.9 Å². The van der Waals surface area contributed by atoms with E-state index in [1.54, 1.807) is 12.2 Å². The number of nitrogens with zero attached hydrogens (tertiary/aromatic N) is 3. The van der Waals surface area contributed by atoms with Gasteiger partial charge in [-0.25, -0.2) is 0 Å². The molecule has 3 aromatic rings. The number of rotatable bonds is 9. The molecule has 0 spiro atoms. The Morgan fingerprint density at radius 3 is 1.74 bits per heavy atom. The van der Waals surface area contributed by atoms with E-state index in [0.29, 0.717) is 11.1 Å². The molecule has 3 aromatic carbocycles. The molecule has 1 atom stereocenters. The zero-order valence-corrected chi connectivity index (χ0v) is 22.9. The van der Waals surface area contributed by atoms with E-state index in [4.69, 9.17) is 11.6 Å². The third-order valence-electron chi connectivity index (χ3n) is 6.54. The molecule has 1 N–H and O–H groups in total. The first kappa shape index (κ1) is 29.8. The Hall–Kier alpha value is -5.16. The van der Waals surface area contributed by atoms with Crippen molar-refractivity contribution in [3.63, 3.8) is 0 Å². The third-order valence-corrected chi connectivity index (χ3v) is 6.79. The second-order valence-electron chi connectivity index (χ2n) is 9.50. The molecule has 1 aliphatic rings. The number of ketones is 1. The number of nitrogens with one attached hydrogen (secondary N) is 1. The molecule has 2 amide bonds. The number of carbonyl (C=O) groups is 3. The van der Waals surface area contributed by atoms with Crippen molar-refractivity contribution < 1.29 is 24.2 Å². The van der Waals surface area contributed by atoms with Crippen molar-refractivity contribution in [3.05, 3.63) is 127 Å². The van der Waals surface area contributed by atoms with Crippen molar-refractivity contribution in [2.75, 3.05) is 19.0 Å². The summed E-state index contributed by atoms with van der Waals surface area (Å²) in [6.07, 6.45) is 3.30. The topological polar surface area (TPSA) is 153 Å². The SMILES string of the molecule is O=C(CCl)N[C@@H](Cc1ccccc1)C(=O)N1CC(=Cc2ccc([N+](=O)[O-])cc2)C(=O)/C(=C/c2ccc([N+](=O)[O-])cc2)C1. The molecule has 42 heavy (non-hydrogen) atoms. The molecule has 1 heterocycles. The normalized spacial score (nSPS) is 15.8. The number of carbonyl (C=O) groups excluding carboxylic acids is 3. The summed E-state index contributed by atoms with van der Waals surface area (Å²) in [5.74, 6) is -1.65. The van der Waals surface area contributed by atoms with Crippen LogP contribution in [0.2, 0.25) is 0 Å². The largest absolute Gasteiger partial charge is 0.343 e. The molecule has 12 heteroatoms. The number of amides is 2. The highest BCUT2D eigenvalue weighted by Gasteiger charge is 2.33. The summed E-state index contributed by atoms with van der Waals surface area (Å²) in [6.45, 7) is -0.150. The molecule has 1 aliphatic heterocycles. The van der Waals surface area contributed by atoms with Gasteiger partial charge in [-0.15, -0.1) is 11.6 Å². The fourth-order valence-electron chi connectivity index (χ4n) is 4.49. The highest BCUT2D eigenvalue weighted by atomic mass is 35.5. The van der Waals surface area contributed by atoms with Gasteiger partial charge in [0.2, 0.25) is 11.8 Å². The summed E-state index contributed by atoms with van der Waals surface area (Å²) in [7, 11) is 0. The Bertz CT molecular complexity index is 1490. The second-order valence-corrected chi connectivity index (χ2v) is 9.77. The second kappa shape index (κ2) is 13.5. The maximum Gasteiger partial charge on any atom is 0.269 e. The summed E-state index contributed by atoms with van der Waals surface area (Å²) in [5, 5.41) is 24.8. The molecule has 0 radical (unpaired) electrons. The lowest BCUT2D eigenvalue weighted by Gasteiger charge is -2.33. The molecule has 1 fully saturated rings. The van der Waals surface area contributed by atoms with Gasteiger partial charge < -0.3 is 10.2 Å². The Balaban J connectivity index is 1.71. The number of likely N-dealkylation sites (tertiary alicyclic amines) is 1. The minimum atomic E-state index is -0.965. The maximum atomic E-state index is 13.8. The summed E-state index contributed by atoms with van der Waals surface area (Å²) in [6, 6.07) is 19.4. The van der Waals surface area contributed by atoms with E-state index in [9.17, 15) is 34.6 Å². The summed E-state index contributed by atoms with van der Waals surface area (Å²) in [5.41, 5.74) is 2.12. The number of nitro groups is 2. The average Bonchev–Trinajstić information content (AvgIpc) is 2.99. The number of halogens is 1. The first-order valence-electron chi connectivity index (χ1n) is 12.8. The number of alkyl halides is 1. The summed E-state index contributed by atoms with van der Waals surface area (Å²) in [4.78, 5) is 62.1. The van der Waals surface area contributed by atoms with Gasteiger partial charge in [0.25, 0.3) is 11.4 Å². The molecule has 0 unspecified atom stereocenters. The predicted molar refractivity (Wildman–Crippen MR) is 157 cm³/mol. The van der Waals surface area contributed by atoms with Gasteiger partial charge in [0.15, 0.2) is 5.78 Å². The van der Waals surface area contributed by atoms with Crippen molar-refractivity contribution in [1.29, 1.82) is 0 Å². The van der Waals surface area contributed by atoms with E-state index in [1.165, 1.54) is 53.4 Å². The van der Waals surface area contributed by atoms with Crippen molar-refractivity contribution in [2.24, 2.45) is 0 Å². The monoisotopic (exact) mass is 588 g/mol. The Morgan fingerprint density at radius 1 is 0.833 bits per heavy atom. The van der Waals surface area contributed by atoms with Gasteiger partial charge in [-0.2, -0.15) is 0 Å². The predicted octanol–water partition coefficient (Wildman–Crippen LogP) is 4.35. The van der Waals surface area contributed by atoms with Crippen molar-refractivity contribution in [3.8, 4) is 0 Å². The lowest BCUT2D eigenvalue weighted by molar-refractivity contribution is -0.385. The van der Waals surface area contributed by atoms with E-state index in [0.717, 1.165) is 5.56 Å². The van der Waals surface area contributed by atoms with Crippen LogP contribution in [-0.2, 0) is 20.8 Å². The zero-order valence-electron chi connectivity index (χ0n) is 22.1. The van der Waals surface area contributed by atoms with Crippen LogP contribution in [0.25, 0.3) is 12.2 Å². The first-order chi connectivity index (χ1) is 20.1. The lowest BCUT2D eigenvalue weighted by atomic mass is 9.93. The molecule has 4 rings (SSSR count). The van der Waals surface area contributed by atoms with Crippen LogP contribution in [0.1, 0.15) is 16.7 Å². The first-order valence-corrected chi connectivity index (χ1v) is 13.3. The number of hydrogen-bond donors (Lipinski definition) is 1. The standard InChI is InChI=1S/C30H25ClN4O7/c31-17-28(36)32-27(16-20-4-2-1-3-5-20)30(38)33-18-23(14-21-6-10-25(11-7-21)34(39)40)29(37)24(19-33)15-22-8-12-26(13-9-22)35(41)42/h1-15,27H,16-19H2,(H,32,36)/b23-14+,24-15?/t27-/m0/s1. The number of nitro benzene ring substituents is 2. The van der Waals surface area contributed by atoms with Crippen LogP contribution < -0.4 is 5.32 Å². The lowest BCUT2D eigenvalue weighted by Crippen LogP contribution is -2.53. The Kier molecular flexibility index (Phi) is 9.56. The van der Waals surface area contributed by atoms with Gasteiger partial charge in [-0.1, -0.05) is 30.3 Å². The van der Waals surface area contributed by atoms with E-state index >= 15 is 0 Å². The molecule has 0 aromatic heterocycles. The number of hydrogen-bond acceptors (Lipinski definition) is 7. The highest BCUT2D eigenvalue weighted by Crippen LogP contribution is 2.25. The number of piperidine rings is 1. The van der Waals surface area contributed by atoms with Gasteiger partial charge in [0, 0.05) is 54.9 Å². The average molecular weight is 589 g/mol. The van der Waals surface area contributed by atoms with Crippen LogP contribution in [0.15, 0.2) is 90.0 Å². The highest BCUT2D eigenvalue weighted by molar-refractivity contribution is 6.27. The van der Waals surface area contributed by atoms with Crippen LogP contribution in [-0.4, -0.2) is 57.4 Å². The molecule has 1 saturated heterocycles. The van der Waals surface area contributed by atoms with E-state index in [1.807, 2.05) is 30.3 Å². The van der Waals surface area contributed by atoms with Gasteiger partial charge in [-0.05, 0) is 53.1 Å². The van der Waals surface area contributed by atoms with Crippen LogP contribution in [0.3, 0.4) is 0 Å². The quantitative estimate of drug-likeness (QED) is 0.169. The maximum absolute atomic E-state index is 13.8. The van der Waals surface area contributed by atoms with Crippen molar-refractivity contribution in [2.45, 2.75) is 12.5 Å². The van der Waals surface area contributed by atoms with Crippen LogP contribution in [0, 0.1) is 20.2 Å². The van der Waals surface area contributed by atoms with E-state index in [2.05, 4.69) is 5.32 Å². The molecule has 0 saturated carbocycles. The van der Waals surface area contributed by atoms with E-state index in [-0.39, 0.29) is 53.7 Å². The fraction of sp³-hybridized carbons (Fsp3) is 0.167. The smallest absolute Gasteiger partial charge is 0.269 e. The Morgan fingerprint density at radius 2 is 1.31 bits per heavy atom. The molecule has 0 aliphatic carbocycles. The van der Waals surface area contributed by atoms with Gasteiger partial charge >= 0.3 is 0 Å². The Labute approximate surface area is 245 Å². The summed E-state index contributed by atoms with van der Waals surface area (Å²) >= 11 is 5.71. The number of non-ortho nitro benzene ring substituents is 2. The van der Waals surface area contributed by atoms with Gasteiger partial charge in [-0.3, -0.25) is 34.6 Å². The molecule has 0 bridgehead atoms. The minimum absolute atomic E-state index is 0.0751.